The van der Waals surface area contributed by atoms with Crippen molar-refractivity contribution in [3.8, 4) is 0 Å². The molecule has 0 saturated heterocycles. The summed E-state index contributed by atoms with van der Waals surface area (Å²) < 4.78 is 13.4. The number of amides is 2. The highest BCUT2D eigenvalue weighted by molar-refractivity contribution is 5.84. The molecule has 5 fully saturated rings. The fourth-order valence-electron chi connectivity index (χ4n) is 6.84. The van der Waals surface area contributed by atoms with Gasteiger partial charge in [-0.1, -0.05) is 12.1 Å². The van der Waals surface area contributed by atoms with Gasteiger partial charge < -0.3 is 10.2 Å². The van der Waals surface area contributed by atoms with Crippen LogP contribution >= 0.6 is 0 Å². The molecule has 0 radical (unpaired) electrons. The molecule has 0 atom stereocenters. The van der Waals surface area contributed by atoms with Crippen LogP contribution in [0.15, 0.2) is 24.3 Å². The first-order valence-corrected chi connectivity index (χ1v) is 11.8. The predicted octanol–water partition coefficient (Wildman–Crippen LogP) is 4.08. The maximum atomic E-state index is 13.4. The molecule has 5 aliphatic rings. The zero-order chi connectivity index (χ0) is 20.7. The van der Waals surface area contributed by atoms with Crippen LogP contribution in [0.4, 0.5) is 4.39 Å². The van der Waals surface area contributed by atoms with E-state index in [0.29, 0.717) is 32.0 Å². The quantitative estimate of drug-likeness (QED) is 0.699. The van der Waals surface area contributed by atoms with E-state index < -0.39 is 0 Å². The molecule has 1 aromatic rings. The summed E-state index contributed by atoms with van der Waals surface area (Å²) >= 11 is 0. The van der Waals surface area contributed by atoms with Crippen molar-refractivity contribution < 1.29 is 14.0 Å². The summed E-state index contributed by atoms with van der Waals surface area (Å²) in [5.74, 6) is 2.32. The van der Waals surface area contributed by atoms with Crippen molar-refractivity contribution >= 4 is 11.8 Å². The highest BCUT2D eigenvalue weighted by atomic mass is 19.1. The molecule has 0 spiro atoms. The second-order valence-corrected chi connectivity index (χ2v) is 10.4. The van der Waals surface area contributed by atoms with E-state index in [9.17, 15) is 14.0 Å². The number of hydrogen-bond acceptors (Lipinski definition) is 2. The van der Waals surface area contributed by atoms with E-state index in [4.69, 9.17) is 0 Å². The number of hydrogen-bond donors (Lipinski definition) is 1. The molecule has 0 unspecified atom stereocenters. The number of rotatable bonds is 8. The first-order chi connectivity index (χ1) is 14.5. The van der Waals surface area contributed by atoms with Crippen LogP contribution in [0.25, 0.3) is 0 Å². The smallest absolute Gasteiger partial charge is 0.226 e. The standard InChI is InChI=1S/C25H33FN2O2/c26-21-3-1-2-17(13-21)7-9-28(22-4-5-22)23(29)6-8-27-24(30)25-14-18-10-19(15-25)12-20(11-18)16-25/h1-3,13,18-20,22H,4-12,14-16H2,(H,27,30). The van der Waals surface area contributed by atoms with E-state index in [1.54, 1.807) is 12.1 Å². The molecular formula is C25H33FN2O2. The molecule has 5 heteroatoms. The maximum absolute atomic E-state index is 13.4. The number of nitrogens with one attached hydrogen (secondary N) is 1. The summed E-state index contributed by atoms with van der Waals surface area (Å²) in [6.45, 7) is 1.05. The number of carbonyl (C=O) groups excluding carboxylic acids is 2. The van der Waals surface area contributed by atoms with Gasteiger partial charge in [-0.25, -0.2) is 4.39 Å². The van der Waals surface area contributed by atoms with Gasteiger partial charge in [0.05, 0.1) is 0 Å². The topological polar surface area (TPSA) is 49.4 Å². The minimum atomic E-state index is -0.232. The number of halogens is 1. The van der Waals surface area contributed by atoms with Gasteiger partial charge in [0.2, 0.25) is 11.8 Å². The van der Waals surface area contributed by atoms with E-state index in [1.807, 2.05) is 11.0 Å². The van der Waals surface area contributed by atoms with Crippen molar-refractivity contribution in [3.63, 3.8) is 0 Å². The Kier molecular flexibility index (Phi) is 5.32. The van der Waals surface area contributed by atoms with Crippen LogP contribution in [0.2, 0.25) is 0 Å². The van der Waals surface area contributed by atoms with Crippen LogP contribution in [0, 0.1) is 29.0 Å². The average molecular weight is 413 g/mol. The average Bonchev–Trinajstić information content (AvgIpc) is 3.52. The summed E-state index contributed by atoms with van der Waals surface area (Å²) in [6.07, 6.45) is 10.3. The van der Waals surface area contributed by atoms with Gasteiger partial charge in [-0.2, -0.15) is 0 Å². The molecule has 0 aliphatic heterocycles. The van der Waals surface area contributed by atoms with E-state index in [-0.39, 0.29) is 23.0 Å². The van der Waals surface area contributed by atoms with Crippen molar-refractivity contribution in [2.24, 2.45) is 23.2 Å². The highest BCUT2D eigenvalue weighted by Crippen LogP contribution is 2.60. The van der Waals surface area contributed by atoms with Gasteiger partial charge in [-0.15, -0.1) is 0 Å². The SMILES string of the molecule is O=C(CCNC(=O)C12CC3CC(CC(C3)C1)C2)N(CCc1cccc(F)c1)C1CC1. The van der Waals surface area contributed by atoms with Gasteiger partial charge in [0.1, 0.15) is 5.82 Å². The summed E-state index contributed by atoms with van der Waals surface area (Å²) in [6, 6.07) is 6.93. The summed E-state index contributed by atoms with van der Waals surface area (Å²) in [4.78, 5) is 27.9. The molecule has 4 bridgehead atoms. The van der Waals surface area contributed by atoms with E-state index in [2.05, 4.69) is 5.32 Å². The Labute approximate surface area is 178 Å². The maximum Gasteiger partial charge on any atom is 0.226 e. The largest absolute Gasteiger partial charge is 0.355 e. The van der Waals surface area contributed by atoms with E-state index in [0.717, 1.165) is 55.4 Å². The Hall–Kier alpha value is -1.91. The van der Waals surface area contributed by atoms with Crippen molar-refractivity contribution in [2.45, 2.75) is 70.3 Å². The summed E-state index contributed by atoms with van der Waals surface area (Å²) in [5, 5.41) is 3.13. The molecule has 5 saturated carbocycles. The van der Waals surface area contributed by atoms with Crippen molar-refractivity contribution in [1.29, 1.82) is 0 Å². The van der Waals surface area contributed by atoms with Crippen molar-refractivity contribution in [2.75, 3.05) is 13.1 Å². The fraction of sp³-hybridized carbons (Fsp3) is 0.680. The van der Waals surface area contributed by atoms with Crippen LogP contribution in [0.1, 0.15) is 63.4 Å². The van der Waals surface area contributed by atoms with Crippen LogP contribution in [0.3, 0.4) is 0 Å². The van der Waals surface area contributed by atoms with Crippen molar-refractivity contribution in [3.05, 3.63) is 35.6 Å². The van der Waals surface area contributed by atoms with Gasteiger partial charge in [-0.3, -0.25) is 9.59 Å². The lowest BCUT2D eigenvalue weighted by Crippen LogP contribution is -2.53. The first-order valence-electron chi connectivity index (χ1n) is 11.8. The normalized spacial score (nSPS) is 31.6. The third-order valence-corrected chi connectivity index (χ3v) is 7.98. The zero-order valence-electron chi connectivity index (χ0n) is 17.7. The summed E-state index contributed by atoms with van der Waals surface area (Å²) in [5.41, 5.74) is 0.773. The molecule has 6 rings (SSSR count). The second-order valence-electron chi connectivity index (χ2n) is 10.4. The highest BCUT2D eigenvalue weighted by Gasteiger charge is 2.54. The minimum Gasteiger partial charge on any atom is -0.355 e. The van der Waals surface area contributed by atoms with Crippen LogP contribution < -0.4 is 5.32 Å². The Morgan fingerprint density at radius 2 is 1.73 bits per heavy atom. The van der Waals surface area contributed by atoms with Crippen LogP contribution in [0.5, 0.6) is 0 Å². The lowest BCUT2D eigenvalue weighted by molar-refractivity contribution is -0.146. The number of nitrogens with zero attached hydrogens (tertiary/aromatic N) is 1. The lowest BCUT2D eigenvalue weighted by Gasteiger charge is -2.55. The number of benzene rings is 1. The molecule has 5 aliphatic carbocycles. The molecule has 0 heterocycles. The predicted molar refractivity (Wildman–Crippen MR) is 113 cm³/mol. The Morgan fingerprint density at radius 1 is 1.07 bits per heavy atom. The van der Waals surface area contributed by atoms with E-state index in [1.165, 1.54) is 25.3 Å². The van der Waals surface area contributed by atoms with E-state index >= 15 is 0 Å². The molecule has 1 aromatic carbocycles. The molecule has 0 aromatic heterocycles. The Bertz CT molecular complexity index is 784. The van der Waals surface area contributed by atoms with Gasteiger partial charge in [0, 0.05) is 31.0 Å². The Balaban J connectivity index is 1.12. The third kappa shape index (κ3) is 4.13. The summed E-state index contributed by atoms with van der Waals surface area (Å²) in [7, 11) is 0. The van der Waals surface area contributed by atoms with Gasteiger partial charge in [0.25, 0.3) is 0 Å². The fourth-order valence-corrected chi connectivity index (χ4v) is 6.84. The zero-order valence-corrected chi connectivity index (χ0v) is 17.7. The molecule has 30 heavy (non-hydrogen) atoms. The van der Waals surface area contributed by atoms with Gasteiger partial charge in [-0.05, 0) is 93.2 Å². The lowest BCUT2D eigenvalue weighted by atomic mass is 9.49. The van der Waals surface area contributed by atoms with Gasteiger partial charge in [0.15, 0.2) is 0 Å². The molecule has 2 amide bonds. The first kappa shape index (κ1) is 20.0. The molecule has 4 nitrogen and oxygen atoms in total. The minimum absolute atomic E-state index is 0.111. The van der Waals surface area contributed by atoms with Crippen LogP contribution in [-0.4, -0.2) is 35.8 Å². The molecule has 1 N–H and O–H groups in total. The number of carbonyl (C=O) groups is 2. The van der Waals surface area contributed by atoms with Gasteiger partial charge >= 0.3 is 0 Å². The van der Waals surface area contributed by atoms with Crippen LogP contribution in [-0.2, 0) is 16.0 Å². The monoisotopic (exact) mass is 412 g/mol. The second kappa shape index (κ2) is 7.97. The third-order valence-electron chi connectivity index (χ3n) is 7.98. The molecular weight excluding hydrogens is 379 g/mol. The van der Waals surface area contributed by atoms with Crippen molar-refractivity contribution in [1.82, 2.24) is 10.2 Å². The Morgan fingerprint density at radius 3 is 2.33 bits per heavy atom. The molecule has 162 valence electrons.